The van der Waals surface area contributed by atoms with Gasteiger partial charge in [0.05, 0.1) is 0 Å². The third-order valence-corrected chi connectivity index (χ3v) is 3.52. The maximum atomic E-state index is 5.58. The molecule has 0 aromatic heterocycles. The Morgan fingerprint density at radius 3 is 2.60 bits per heavy atom. The molecule has 1 unspecified atom stereocenters. The highest BCUT2D eigenvalue weighted by molar-refractivity contribution is 7.36. The van der Waals surface area contributed by atoms with Crippen molar-refractivity contribution >= 4 is 8.58 Å². The fourth-order valence-electron chi connectivity index (χ4n) is 1.75. The molecule has 3 heteroatoms. The number of hydrogen-bond donors (Lipinski definition) is 0. The smallest absolute Gasteiger partial charge is 0.0478 e. The fourth-order valence-corrected chi connectivity index (χ4v) is 2.57. The van der Waals surface area contributed by atoms with Gasteiger partial charge < -0.3 is 4.74 Å². The Morgan fingerprint density at radius 1 is 1.27 bits per heavy atom. The molecular formula is C12H26NOP. The van der Waals surface area contributed by atoms with Gasteiger partial charge in [0.1, 0.15) is 0 Å². The highest BCUT2D eigenvalue weighted by Gasteiger charge is 2.27. The molecule has 2 nitrogen and oxygen atoms in total. The van der Waals surface area contributed by atoms with Crippen molar-refractivity contribution in [2.24, 2.45) is 0 Å². The summed E-state index contributed by atoms with van der Waals surface area (Å²) in [4.78, 5) is 2.65. The largest absolute Gasteiger partial charge is 0.381 e. The Bertz CT molecular complexity index is 151. The van der Waals surface area contributed by atoms with Crippen LogP contribution in [0, 0.1) is 0 Å². The number of nitrogens with zero attached hydrogens (tertiary/aromatic N) is 1. The minimum absolute atomic E-state index is 0.924. The van der Waals surface area contributed by atoms with Crippen molar-refractivity contribution in [1.29, 1.82) is 0 Å². The minimum atomic E-state index is 0.924. The van der Waals surface area contributed by atoms with Crippen LogP contribution < -0.4 is 0 Å². The first-order valence-electron chi connectivity index (χ1n) is 6.35. The van der Waals surface area contributed by atoms with Crippen LogP contribution in [0.25, 0.3) is 0 Å². The highest BCUT2D eigenvalue weighted by Crippen LogP contribution is 2.28. The second-order valence-electron chi connectivity index (χ2n) is 4.37. The lowest BCUT2D eigenvalue weighted by molar-refractivity contribution is 0.119. The quantitative estimate of drug-likeness (QED) is 0.423. The molecule has 0 bridgehead atoms. The first-order chi connectivity index (χ1) is 7.38. The van der Waals surface area contributed by atoms with Gasteiger partial charge in [0.15, 0.2) is 0 Å². The van der Waals surface area contributed by atoms with Crippen molar-refractivity contribution < 1.29 is 4.74 Å². The van der Waals surface area contributed by atoms with Crippen LogP contribution in [-0.2, 0) is 4.74 Å². The molecule has 0 heterocycles. The Hall–Kier alpha value is 0.350. The Kier molecular flexibility index (Phi) is 7.60. The van der Waals surface area contributed by atoms with Crippen molar-refractivity contribution in [3.63, 3.8) is 0 Å². The van der Waals surface area contributed by atoms with Gasteiger partial charge in [-0.1, -0.05) is 13.3 Å². The van der Waals surface area contributed by atoms with E-state index in [1.165, 1.54) is 44.9 Å². The summed E-state index contributed by atoms with van der Waals surface area (Å²) < 4.78 is 5.58. The summed E-state index contributed by atoms with van der Waals surface area (Å²) in [6, 6.07) is 0.924. The van der Waals surface area contributed by atoms with E-state index in [1.54, 1.807) is 0 Å². The standard InChI is InChI=1S/C12H26NOP/c1-3-4-9-14-10-5-8-13(11-15-2)12-6-7-12/h12,15H,3-11H2,1-2H3. The molecular weight excluding hydrogens is 205 g/mol. The van der Waals surface area contributed by atoms with Gasteiger partial charge >= 0.3 is 0 Å². The maximum absolute atomic E-state index is 5.58. The second-order valence-corrected chi connectivity index (χ2v) is 5.40. The number of hydrogen-bond acceptors (Lipinski definition) is 2. The number of unbranched alkanes of at least 4 members (excludes halogenated alkanes) is 1. The topological polar surface area (TPSA) is 12.5 Å². The Balaban J connectivity index is 1.92. The van der Waals surface area contributed by atoms with E-state index in [-0.39, 0.29) is 0 Å². The summed E-state index contributed by atoms with van der Waals surface area (Å²) in [5.74, 6) is 0. The molecule has 1 rings (SSSR count). The van der Waals surface area contributed by atoms with E-state index in [9.17, 15) is 0 Å². The molecule has 90 valence electrons. The van der Waals surface area contributed by atoms with Gasteiger partial charge in [0, 0.05) is 32.1 Å². The molecule has 0 aromatic carbocycles. The van der Waals surface area contributed by atoms with Gasteiger partial charge in [-0.15, -0.1) is 8.58 Å². The predicted molar refractivity (Wildman–Crippen MR) is 69.2 cm³/mol. The van der Waals surface area contributed by atoms with Crippen molar-refractivity contribution in [2.75, 3.05) is 32.7 Å². The Labute approximate surface area is 96.5 Å². The van der Waals surface area contributed by atoms with Crippen LogP contribution in [0.4, 0.5) is 0 Å². The SMILES string of the molecule is CCCCOCCCN(CPC)C1CC1. The third kappa shape index (κ3) is 6.50. The van der Waals surface area contributed by atoms with E-state index in [0.29, 0.717) is 0 Å². The zero-order valence-corrected chi connectivity index (χ0v) is 11.3. The average Bonchev–Trinajstić information content (AvgIpc) is 3.05. The van der Waals surface area contributed by atoms with Crippen LogP contribution >= 0.6 is 8.58 Å². The lowest BCUT2D eigenvalue weighted by atomic mass is 10.3. The summed E-state index contributed by atoms with van der Waals surface area (Å²) in [5, 5.41) is 0. The zero-order valence-electron chi connectivity index (χ0n) is 10.3. The Morgan fingerprint density at radius 2 is 2.00 bits per heavy atom. The van der Waals surface area contributed by atoms with Crippen LogP contribution in [0.5, 0.6) is 0 Å². The maximum Gasteiger partial charge on any atom is 0.0478 e. The summed E-state index contributed by atoms with van der Waals surface area (Å²) in [6.45, 7) is 7.66. The monoisotopic (exact) mass is 231 g/mol. The van der Waals surface area contributed by atoms with Gasteiger partial charge in [-0.25, -0.2) is 0 Å². The minimum Gasteiger partial charge on any atom is -0.381 e. The molecule has 0 aliphatic heterocycles. The molecule has 0 saturated heterocycles. The van der Waals surface area contributed by atoms with E-state index < -0.39 is 0 Å². The second kappa shape index (κ2) is 8.50. The van der Waals surface area contributed by atoms with Crippen molar-refractivity contribution in [3.05, 3.63) is 0 Å². The lowest BCUT2D eigenvalue weighted by Gasteiger charge is -2.20. The summed E-state index contributed by atoms with van der Waals surface area (Å²) in [6.07, 6.45) is 7.83. The van der Waals surface area contributed by atoms with Crippen LogP contribution in [0.15, 0.2) is 0 Å². The summed E-state index contributed by atoms with van der Waals surface area (Å²) >= 11 is 0. The normalized spacial score (nSPS) is 17.0. The van der Waals surface area contributed by atoms with E-state index in [2.05, 4.69) is 18.5 Å². The van der Waals surface area contributed by atoms with Gasteiger partial charge in [-0.3, -0.25) is 4.90 Å². The summed E-state index contributed by atoms with van der Waals surface area (Å²) in [7, 11) is 1.07. The van der Waals surface area contributed by atoms with Gasteiger partial charge in [0.2, 0.25) is 0 Å². The molecule has 0 spiro atoms. The van der Waals surface area contributed by atoms with E-state index in [4.69, 9.17) is 4.74 Å². The third-order valence-electron chi connectivity index (χ3n) is 2.80. The van der Waals surface area contributed by atoms with Gasteiger partial charge in [-0.05, 0) is 32.3 Å². The molecule has 0 N–H and O–H groups in total. The molecule has 1 aliphatic rings. The lowest BCUT2D eigenvalue weighted by Crippen LogP contribution is -2.27. The predicted octanol–water partition coefficient (Wildman–Crippen LogP) is 2.92. The van der Waals surface area contributed by atoms with Crippen molar-refractivity contribution in [1.82, 2.24) is 4.90 Å². The van der Waals surface area contributed by atoms with E-state index in [0.717, 1.165) is 27.8 Å². The molecule has 0 aromatic rings. The van der Waals surface area contributed by atoms with Crippen LogP contribution in [-0.4, -0.2) is 43.7 Å². The first kappa shape index (κ1) is 13.4. The number of ether oxygens (including phenoxy) is 1. The van der Waals surface area contributed by atoms with Crippen LogP contribution in [0.2, 0.25) is 0 Å². The molecule has 1 atom stereocenters. The molecule has 1 fully saturated rings. The van der Waals surface area contributed by atoms with E-state index >= 15 is 0 Å². The average molecular weight is 231 g/mol. The van der Waals surface area contributed by atoms with E-state index in [1.807, 2.05) is 0 Å². The molecule has 0 radical (unpaired) electrons. The van der Waals surface area contributed by atoms with Crippen LogP contribution in [0.3, 0.4) is 0 Å². The molecule has 1 saturated carbocycles. The molecule has 15 heavy (non-hydrogen) atoms. The first-order valence-corrected chi connectivity index (χ1v) is 8.05. The van der Waals surface area contributed by atoms with Crippen LogP contribution in [0.1, 0.15) is 39.0 Å². The molecule has 1 aliphatic carbocycles. The summed E-state index contributed by atoms with van der Waals surface area (Å²) in [5.41, 5.74) is 0. The van der Waals surface area contributed by atoms with Gasteiger partial charge in [0.25, 0.3) is 0 Å². The zero-order chi connectivity index (χ0) is 10.9. The van der Waals surface area contributed by atoms with Crippen molar-refractivity contribution in [2.45, 2.75) is 45.1 Å². The molecule has 0 amide bonds. The number of rotatable bonds is 10. The fraction of sp³-hybridized carbons (Fsp3) is 1.00. The highest BCUT2D eigenvalue weighted by atomic mass is 31.1. The van der Waals surface area contributed by atoms with Gasteiger partial charge in [-0.2, -0.15) is 0 Å². The van der Waals surface area contributed by atoms with Crippen molar-refractivity contribution in [3.8, 4) is 0 Å².